The van der Waals surface area contributed by atoms with Crippen molar-refractivity contribution in [2.45, 2.75) is 37.8 Å². The number of aryl methyl sites for hydroxylation is 1. The van der Waals surface area contributed by atoms with E-state index in [1.807, 2.05) is 6.92 Å². The summed E-state index contributed by atoms with van der Waals surface area (Å²) in [5, 5.41) is 3.22. The van der Waals surface area contributed by atoms with Gasteiger partial charge in [0, 0.05) is 29.2 Å². The molecule has 3 aromatic carbocycles. The lowest BCUT2D eigenvalue weighted by atomic mass is 10.1. The van der Waals surface area contributed by atoms with Crippen LogP contribution in [0.15, 0.2) is 71.6 Å². The molecule has 0 fully saturated rings. The number of anilines is 1. The van der Waals surface area contributed by atoms with Crippen molar-refractivity contribution >= 4 is 50.7 Å². The summed E-state index contributed by atoms with van der Waals surface area (Å²) in [5.74, 6) is -0.762. The summed E-state index contributed by atoms with van der Waals surface area (Å²) in [5.41, 5.74) is 1.51. The summed E-state index contributed by atoms with van der Waals surface area (Å²) in [6.45, 7) is 2.90. The Balaban J connectivity index is 2.13. The van der Waals surface area contributed by atoms with Crippen molar-refractivity contribution in [3.63, 3.8) is 0 Å². The molecule has 0 heterocycles. The second-order valence-corrected chi connectivity index (χ2v) is 11.4. The highest BCUT2D eigenvalue weighted by Gasteiger charge is 2.35. The number of benzene rings is 3. The number of amides is 2. The van der Waals surface area contributed by atoms with Gasteiger partial charge in [-0.15, -0.1) is 0 Å². The molecule has 0 aliphatic carbocycles. The van der Waals surface area contributed by atoms with Crippen LogP contribution in [0.3, 0.4) is 0 Å². The molecular formula is C28H31Cl2N3O5S. The number of para-hydroxylation sites is 2. The molecule has 0 aliphatic rings. The van der Waals surface area contributed by atoms with Crippen molar-refractivity contribution in [3.05, 3.63) is 87.9 Å². The number of carbonyl (C=O) groups is 2. The number of likely N-dealkylation sites (N-methyl/N-ethyl adjacent to an activating group) is 1. The zero-order valence-corrected chi connectivity index (χ0v) is 24.5. The monoisotopic (exact) mass is 591 g/mol. The van der Waals surface area contributed by atoms with Crippen molar-refractivity contribution in [2.75, 3.05) is 25.0 Å². The molecule has 11 heteroatoms. The van der Waals surface area contributed by atoms with Crippen LogP contribution in [0.2, 0.25) is 10.0 Å². The van der Waals surface area contributed by atoms with Gasteiger partial charge in [0.1, 0.15) is 18.3 Å². The summed E-state index contributed by atoms with van der Waals surface area (Å²) in [4.78, 5) is 28.2. The van der Waals surface area contributed by atoms with Crippen LogP contribution in [0.1, 0.15) is 24.5 Å². The Morgan fingerprint density at radius 3 is 2.15 bits per heavy atom. The minimum absolute atomic E-state index is 0.00541. The molecule has 8 nitrogen and oxygen atoms in total. The number of methoxy groups -OCH3 is 1. The molecule has 0 aromatic heterocycles. The number of rotatable bonds is 11. The predicted octanol–water partition coefficient (Wildman–Crippen LogP) is 5.06. The molecular weight excluding hydrogens is 561 g/mol. The van der Waals surface area contributed by atoms with E-state index in [1.165, 1.54) is 31.2 Å². The van der Waals surface area contributed by atoms with Crippen LogP contribution in [0, 0.1) is 6.92 Å². The second-order valence-electron chi connectivity index (χ2n) is 8.76. The molecule has 39 heavy (non-hydrogen) atoms. The van der Waals surface area contributed by atoms with E-state index in [4.69, 9.17) is 27.9 Å². The van der Waals surface area contributed by atoms with E-state index in [1.54, 1.807) is 61.5 Å². The van der Waals surface area contributed by atoms with Crippen LogP contribution < -0.4 is 14.4 Å². The first kappa shape index (κ1) is 30.3. The van der Waals surface area contributed by atoms with Gasteiger partial charge in [0.15, 0.2) is 0 Å². The maximum atomic E-state index is 14.0. The Hall–Kier alpha value is -3.27. The van der Waals surface area contributed by atoms with Crippen LogP contribution in [-0.4, -0.2) is 51.9 Å². The van der Waals surface area contributed by atoms with Crippen LogP contribution >= 0.6 is 23.2 Å². The maximum absolute atomic E-state index is 14.0. The fourth-order valence-electron chi connectivity index (χ4n) is 4.13. The van der Waals surface area contributed by atoms with E-state index in [9.17, 15) is 18.0 Å². The van der Waals surface area contributed by atoms with E-state index in [-0.39, 0.29) is 29.3 Å². The van der Waals surface area contributed by atoms with Crippen molar-refractivity contribution < 1.29 is 22.7 Å². The first-order valence-corrected chi connectivity index (χ1v) is 14.4. The first-order valence-electron chi connectivity index (χ1n) is 12.2. The molecule has 0 radical (unpaired) electrons. The maximum Gasteiger partial charge on any atom is 0.264 e. The lowest BCUT2D eigenvalue weighted by Crippen LogP contribution is -2.51. The highest BCUT2D eigenvalue weighted by Crippen LogP contribution is 2.33. The fourth-order valence-corrected chi connectivity index (χ4v) is 6.07. The van der Waals surface area contributed by atoms with E-state index >= 15 is 0 Å². The number of nitrogens with one attached hydrogen (secondary N) is 1. The van der Waals surface area contributed by atoms with Gasteiger partial charge >= 0.3 is 0 Å². The first-order chi connectivity index (χ1) is 18.5. The van der Waals surface area contributed by atoms with Gasteiger partial charge < -0.3 is 15.0 Å². The number of sulfonamides is 1. The van der Waals surface area contributed by atoms with Crippen molar-refractivity contribution in [2.24, 2.45) is 0 Å². The van der Waals surface area contributed by atoms with Crippen LogP contribution in [0.25, 0.3) is 0 Å². The smallest absolute Gasteiger partial charge is 0.264 e. The van der Waals surface area contributed by atoms with Gasteiger partial charge in [-0.25, -0.2) is 8.42 Å². The largest absolute Gasteiger partial charge is 0.495 e. The standard InChI is InChI=1S/C28H31Cl2N3O5S/c1-5-24(28(35)31-3)32(17-21-22(29)9-8-10-23(21)30)27(34)18-33(25-11-6-7-12-26(25)38-4)39(36,37)20-15-13-19(2)14-16-20/h6-16,24H,5,17-18H2,1-4H3,(H,31,35). The topological polar surface area (TPSA) is 96.0 Å². The second kappa shape index (κ2) is 13.2. The highest BCUT2D eigenvalue weighted by atomic mass is 35.5. The summed E-state index contributed by atoms with van der Waals surface area (Å²) in [6.07, 6.45) is 0.271. The van der Waals surface area contributed by atoms with E-state index in [0.717, 1.165) is 9.87 Å². The molecule has 2 amide bonds. The normalized spacial score (nSPS) is 11.9. The van der Waals surface area contributed by atoms with Gasteiger partial charge in [0.25, 0.3) is 10.0 Å². The number of hydrogen-bond acceptors (Lipinski definition) is 5. The Morgan fingerprint density at radius 1 is 0.974 bits per heavy atom. The third-order valence-corrected chi connectivity index (χ3v) is 8.75. The number of ether oxygens (including phenoxy) is 1. The molecule has 1 unspecified atom stereocenters. The van der Waals surface area contributed by atoms with Crippen molar-refractivity contribution in [1.82, 2.24) is 10.2 Å². The Bertz CT molecular complexity index is 1410. The highest BCUT2D eigenvalue weighted by molar-refractivity contribution is 7.92. The molecule has 3 aromatic rings. The zero-order chi connectivity index (χ0) is 28.7. The lowest BCUT2D eigenvalue weighted by molar-refractivity contribution is -0.140. The third-order valence-electron chi connectivity index (χ3n) is 6.26. The lowest BCUT2D eigenvalue weighted by Gasteiger charge is -2.33. The van der Waals surface area contributed by atoms with E-state index in [0.29, 0.717) is 15.6 Å². The summed E-state index contributed by atoms with van der Waals surface area (Å²) in [7, 11) is -1.34. The van der Waals surface area contributed by atoms with Crippen LogP contribution in [0.4, 0.5) is 5.69 Å². The van der Waals surface area contributed by atoms with Gasteiger partial charge in [-0.05, 0) is 49.7 Å². The number of carbonyl (C=O) groups excluding carboxylic acids is 2. The molecule has 0 aliphatic heterocycles. The fraction of sp³-hybridized carbons (Fsp3) is 0.286. The van der Waals surface area contributed by atoms with Crippen molar-refractivity contribution in [1.29, 1.82) is 0 Å². The summed E-state index contributed by atoms with van der Waals surface area (Å²) < 4.78 is 34.3. The van der Waals surface area contributed by atoms with Gasteiger partial charge in [-0.3, -0.25) is 13.9 Å². The van der Waals surface area contributed by atoms with Gasteiger partial charge in [0.05, 0.1) is 17.7 Å². The van der Waals surface area contributed by atoms with Gasteiger partial charge in [0.2, 0.25) is 11.8 Å². The summed E-state index contributed by atoms with van der Waals surface area (Å²) >= 11 is 12.8. The molecule has 0 bridgehead atoms. The molecule has 0 spiro atoms. The molecule has 208 valence electrons. The van der Waals surface area contributed by atoms with E-state index in [2.05, 4.69) is 5.32 Å². The number of halogens is 2. The molecule has 0 saturated carbocycles. The van der Waals surface area contributed by atoms with E-state index < -0.39 is 34.4 Å². The summed E-state index contributed by atoms with van der Waals surface area (Å²) in [6, 6.07) is 16.9. The molecule has 3 rings (SSSR count). The van der Waals surface area contributed by atoms with Crippen LogP contribution in [0.5, 0.6) is 5.75 Å². The number of nitrogens with zero attached hydrogens (tertiary/aromatic N) is 2. The molecule has 1 N–H and O–H groups in total. The minimum Gasteiger partial charge on any atom is -0.495 e. The molecule has 0 saturated heterocycles. The van der Waals surface area contributed by atoms with Crippen LogP contribution in [-0.2, 0) is 26.2 Å². The van der Waals surface area contributed by atoms with Gasteiger partial charge in [-0.2, -0.15) is 0 Å². The minimum atomic E-state index is -4.23. The molecule has 1 atom stereocenters. The SMILES string of the molecule is CCC(C(=O)NC)N(Cc1c(Cl)cccc1Cl)C(=O)CN(c1ccccc1OC)S(=O)(=O)c1ccc(C)cc1. The zero-order valence-electron chi connectivity index (χ0n) is 22.1. The van der Waals surface area contributed by atoms with Crippen molar-refractivity contribution in [3.8, 4) is 5.75 Å². The average molecular weight is 593 g/mol. The quantitative estimate of drug-likeness (QED) is 0.336. The number of hydrogen-bond donors (Lipinski definition) is 1. The average Bonchev–Trinajstić information content (AvgIpc) is 2.92. The Kier molecular flexibility index (Phi) is 10.2. The predicted molar refractivity (Wildman–Crippen MR) is 154 cm³/mol. The van der Waals surface area contributed by atoms with Gasteiger partial charge in [-0.1, -0.05) is 66.0 Å². The third kappa shape index (κ3) is 6.84. The Labute approximate surface area is 239 Å². The Morgan fingerprint density at radius 2 is 1.59 bits per heavy atom.